The number of hydrogen-bond donors (Lipinski definition) is 2. The Kier molecular flexibility index (Phi) is 4.64. The molecule has 0 unspecified atom stereocenters. The highest BCUT2D eigenvalue weighted by molar-refractivity contribution is 7.15. The van der Waals surface area contributed by atoms with Gasteiger partial charge in [-0.15, -0.1) is 16.4 Å². The quantitative estimate of drug-likeness (QED) is 0.700. The number of carbonyl (C=O) groups is 1. The first-order valence-electron chi connectivity index (χ1n) is 9.05. The van der Waals surface area contributed by atoms with E-state index in [9.17, 15) is 9.90 Å². The second kappa shape index (κ2) is 6.99. The fourth-order valence-corrected chi connectivity index (χ4v) is 4.14. The molecule has 2 aromatic heterocycles. The van der Waals surface area contributed by atoms with Crippen molar-refractivity contribution >= 4 is 29.0 Å². The zero-order chi connectivity index (χ0) is 19.9. The summed E-state index contributed by atoms with van der Waals surface area (Å²) in [7, 11) is 3.32. The smallest absolute Gasteiger partial charge is 0.345 e. The number of rotatable bonds is 4. The molecule has 8 nitrogen and oxygen atoms in total. The Labute approximate surface area is 166 Å². The number of benzene rings is 1. The van der Waals surface area contributed by atoms with Crippen molar-refractivity contribution in [1.29, 1.82) is 0 Å². The topological polar surface area (TPSA) is 96.2 Å². The first-order valence-corrected chi connectivity index (χ1v) is 9.87. The molecule has 9 heteroatoms. The average molecular weight is 398 g/mol. The summed E-state index contributed by atoms with van der Waals surface area (Å²) in [6.07, 6.45) is 5.80. The van der Waals surface area contributed by atoms with Gasteiger partial charge in [0.15, 0.2) is 0 Å². The summed E-state index contributed by atoms with van der Waals surface area (Å²) < 4.78 is 1.19. The molecule has 0 spiro atoms. The van der Waals surface area contributed by atoms with E-state index in [2.05, 4.69) is 26.4 Å². The van der Waals surface area contributed by atoms with Crippen LogP contribution in [-0.2, 0) is 5.60 Å². The van der Waals surface area contributed by atoms with Crippen molar-refractivity contribution in [2.24, 2.45) is 0 Å². The summed E-state index contributed by atoms with van der Waals surface area (Å²) in [5.41, 5.74) is 2.16. The molecule has 0 bridgehead atoms. The molecule has 2 heterocycles. The molecule has 0 saturated heterocycles. The average Bonchev–Trinajstić information content (AvgIpc) is 3.28. The highest BCUT2D eigenvalue weighted by Gasteiger charge is 2.39. The van der Waals surface area contributed by atoms with Crippen LogP contribution in [-0.4, -0.2) is 49.9 Å². The van der Waals surface area contributed by atoms with Crippen LogP contribution in [0.2, 0.25) is 0 Å². The molecule has 1 aromatic carbocycles. The SMILES string of the molecule is Cc1cc(Nc2ncn(C(=O)N(C)C)n2)cc(-c2cnc(C3(O)CCC3)s2)c1. The minimum Gasteiger partial charge on any atom is -0.383 e. The van der Waals surface area contributed by atoms with E-state index in [0.717, 1.165) is 46.0 Å². The molecule has 0 radical (unpaired) electrons. The lowest BCUT2D eigenvalue weighted by Gasteiger charge is -2.34. The van der Waals surface area contributed by atoms with E-state index in [1.54, 1.807) is 14.1 Å². The monoisotopic (exact) mass is 398 g/mol. The van der Waals surface area contributed by atoms with Crippen LogP contribution >= 0.6 is 11.3 Å². The van der Waals surface area contributed by atoms with Crippen LogP contribution in [0.25, 0.3) is 10.4 Å². The number of carbonyl (C=O) groups excluding carboxylic acids is 1. The van der Waals surface area contributed by atoms with Gasteiger partial charge in [-0.2, -0.15) is 9.67 Å². The Morgan fingerprint density at radius 3 is 2.75 bits per heavy atom. The van der Waals surface area contributed by atoms with Crippen LogP contribution in [0.5, 0.6) is 0 Å². The van der Waals surface area contributed by atoms with Gasteiger partial charge in [0.25, 0.3) is 0 Å². The molecular formula is C19H22N6O2S. The largest absolute Gasteiger partial charge is 0.383 e. The summed E-state index contributed by atoms with van der Waals surface area (Å²) >= 11 is 1.53. The first-order chi connectivity index (χ1) is 13.3. The molecule has 1 saturated carbocycles. The van der Waals surface area contributed by atoms with E-state index < -0.39 is 5.60 Å². The van der Waals surface area contributed by atoms with Gasteiger partial charge in [0.05, 0.1) is 4.88 Å². The highest BCUT2D eigenvalue weighted by atomic mass is 32.1. The zero-order valence-electron chi connectivity index (χ0n) is 16.0. The number of thiazole rings is 1. The standard InChI is InChI=1S/C19H22N6O2S/c1-12-7-13(15-10-20-16(28-15)19(27)5-4-6-19)9-14(8-12)22-17-21-11-25(23-17)18(26)24(2)3/h7-11,27H,4-6H2,1-3H3,(H,22,23). The molecule has 0 atom stereocenters. The Balaban J connectivity index is 1.57. The van der Waals surface area contributed by atoms with Gasteiger partial charge in [0.2, 0.25) is 5.95 Å². The normalized spacial score (nSPS) is 15.1. The van der Waals surface area contributed by atoms with Crippen LogP contribution in [0, 0.1) is 6.92 Å². The molecular weight excluding hydrogens is 376 g/mol. The van der Waals surface area contributed by atoms with Crippen molar-refractivity contribution < 1.29 is 9.90 Å². The number of aryl methyl sites for hydroxylation is 1. The predicted octanol–water partition coefficient (Wildman–Crippen LogP) is 3.35. The second-order valence-electron chi connectivity index (χ2n) is 7.32. The molecule has 3 aromatic rings. The van der Waals surface area contributed by atoms with Crippen LogP contribution in [0.4, 0.5) is 16.4 Å². The number of aromatic nitrogens is 4. The molecule has 4 rings (SSSR count). The van der Waals surface area contributed by atoms with Crippen molar-refractivity contribution in [3.05, 3.63) is 41.3 Å². The molecule has 28 heavy (non-hydrogen) atoms. The van der Waals surface area contributed by atoms with Gasteiger partial charge in [0, 0.05) is 26.0 Å². The summed E-state index contributed by atoms with van der Waals surface area (Å²) in [6.45, 7) is 2.01. The lowest BCUT2D eigenvalue weighted by molar-refractivity contribution is -0.0389. The molecule has 1 fully saturated rings. The molecule has 1 amide bonds. The van der Waals surface area contributed by atoms with E-state index in [0.29, 0.717) is 5.95 Å². The fraction of sp³-hybridized carbons (Fsp3) is 0.368. The van der Waals surface area contributed by atoms with E-state index in [1.165, 1.54) is 27.2 Å². The third kappa shape index (κ3) is 3.50. The Hall–Kier alpha value is -2.78. The Morgan fingerprint density at radius 2 is 2.07 bits per heavy atom. The van der Waals surface area contributed by atoms with Crippen molar-refractivity contribution in [3.8, 4) is 10.4 Å². The molecule has 1 aliphatic rings. The highest BCUT2D eigenvalue weighted by Crippen LogP contribution is 2.44. The Morgan fingerprint density at radius 1 is 1.29 bits per heavy atom. The fourth-order valence-electron chi connectivity index (χ4n) is 3.09. The summed E-state index contributed by atoms with van der Waals surface area (Å²) in [5.74, 6) is 0.348. The van der Waals surface area contributed by atoms with Gasteiger partial charge in [-0.1, -0.05) is 6.07 Å². The number of hydrogen-bond acceptors (Lipinski definition) is 7. The predicted molar refractivity (Wildman–Crippen MR) is 108 cm³/mol. The van der Waals surface area contributed by atoms with Gasteiger partial charge in [-0.3, -0.25) is 0 Å². The van der Waals surface area contributed by atoms with E-state index in [1.807, 2.05) is 25.3 Å². The second-order valence-corrected chi connectivity index (χ2v) is 8.35. The molecule has 0 aliphatic heterocycles. The number of amides is 1. The number of anilines is 2. The first kappa shape index (κ1) is 18.6. The maximum atomic E-state index is 11.9. The maximum Gasteiger partial charge on any atom is 0.345 e. The third-order valence-electron chi connectivity index (χ3n) is 4.77. The van der Waals surface area contributed by atoms with Crippen LogP contribution < -0.4 is 5.32 Å². The van der Waals surface area contributed by atoms with Gasteiger partial charge in [0.1, 0.15) is 16.9 Å². The molecule has 2 N–H and O–H groups in total. The molecule has 146 valence electrons. The summed E-state index contributed by atoms with van der Waals surface area (Å²) in [5, 5.41) is 18.6. The maximum absolute atomic E-state index is 11.9. The van der Waals surface area contributed by atoms with Crippen molar-refractivity contribution in [1.82, 2.24) is 24.6 Å². The van der Waals surface area contributed by atoms with Crippen LogP contribution in [0.1, 0.15) is 29.8 Å². The third-order valence-corrected chi connectivity index (χ3v) is 6.01. The van der Waals surface area contributed by atoms with Gasteiger partial charge < -0.3 is 15.3 Å². The number of aliphatic hydroxyl groups is 1. The summed E-state index contributed by atoms with van der Waals surface area (Å²) in [6, 6.07) is 5.79. The number of nitrogens with one attached hydrogen (secondary N) is 1. The zero-order valence-corrected chi connectivity index (χ0v) is 16.8. The summed E-state index contributed by atoms with van der Waals surface area (Å²) in [4.78, 5) is 23.0. The van der Waals surface area contributed by atoms with E-state index in [-0.39, 0.29) is 6.03 Å². The molecule has 1 aliphatic carbocycles. The van der Waals surface area contributed by atoms with Crippen molar-refractivity contribution in [2.75, 3.05) is 19.4 Å². The van der Waals surface area contributed by atoms with Crippen molar-refractivity contribution in [2.45, 2.75) is 31.8 Å². The van der Waals surface area contributed by atoms with Crippen molar-refractivity contribution in [3.63, 3.8) is 0 Å². The number of nitrogens with zero attached hydrogens (tertiary/aromatic N) is 5. The van der Waals surface area contributed by atoms with Gasteiger partial charge in [-0.05, 0) is 49.4 Å². The van der Waals surface area contributed by atoms with E-state index >= 15 is 0 Å². The Bertz CT molecular complexity index is 1020. The minimum absolute atomic E-state index is 0.267. The van der Waals surface area contributed by atoms with Crippen LogP contribution in [0.3, 0.4) is 0 Å². The lowest BCUT2D eigenvalue weighted by Crippen LogP contribution is -2.33. The van der Waals surface area contributed by atoms with Crippen LogP contribution in [0.15, 0.2) is 30.7 Å². The van der Waals surface area contributed by atoms with Gasteiger partial charge in [-0.25, -0.2) is 9.78 Å². The lowest BCUT2D eigenvalue weighted by atomic mass is 9.81. The minimum atomic E-state index is -0.746. The van der Waals surface area contributed by atoms with Gasteiger partial charge >= 0.3 is 6.03 Å². The van der Waals surface area contributed by atoms with E-state index in [4.69, 9.17) is 0 Å².